The summed E-state index contributed by atoms with van der Waals surface area (Å²) >= 11 is 0. The molecular weight excluding hydrogens is 349 g/mol. The van der Waals surface area contributed by atoms with Gasteiger partial charge in [0.05, 0.1) is 37.7 Å². The Morgan fingerprint density at radius 3 is 1.96 bits per heavy atom. The summed E-state index contributed by atoms with van der Waals surface area (Å²) in [6.45, 7) is 6.28. The minimum Gasteiger partial charge on any atom is -0.395 e. The number of nitrogens with zero attached hydrogens (tertiary/aromatic N) is 3. The minimum absolute atomic E-state index is 0.0791. The first-order valence-corrected chi connectivity index (χ1v) is 11.0. The van der Waals surface area contributed by atoms with Gasteiger partial charge in [0, 0.05) is 52.5 Å². The summed E-state index contributed by atoms with van der Waals surface area (Å²) < 4.78 is 11.8. The second-order valence-electron chi connectivity index (χ2n) is 7.00. The summed E-state index contributed by atoms with van der Waals surface area (Å²) in [6, 6.07) is -0.596. The molecule has 0 radical (unpaired) electrons. The minimum atomic E-state index is -3.20. The highest BCUT2D eigenvalue weighted by atomic mass is 31.2. The van der Waals surface area contributed by atoms with Gasteiger partial charge in [-0.3, -0.25) is 19.3 Å². The maximum Gasteiger partial charge on any atom is 0.211 e. The SMILES string of the molecule is C[C@H](O)CN1CCN(CP(C)(=O)O)CCN([C@H](CO)[C@H](O)CO)CC1. The molecule has 1 aliphatic heterocycles. The molecule has 0 bridgehead atoms. The summed E-state index contributed by atoms with van der Waals surface area (Å²) in [5.41, 5.74) is 0. The topological polar surface area (TPSA) is 128 Å². The van der Waals surface area contributed by atoms with Crippen LogP contribution >= 0.6 is 7.37 Å². The van der Waals surface area contributed by atoms with E-state index in [2.05, 4.69) is 4.90 Å². The lowest BCUT2D eigenvalue weighted by molar-refractivity contribution is -0.0165. The van der Waals surface area contributed by atoms with E-state index >= 15 is 0 Å². The van der Waals surface area contributed by atoms with Gasteiger partial charge in [-0.05, 0) is 6.92 Å². The molecule has 1 rings (SSSR count). The molecule has 0 aromatic heterocycles. The van der Waals surface area contributed by atoms with Crippen LogP contribution in [0.25, 0.3) is 0 Å². The monoisotopic (exact) mass is 383 g/mol. The maximum absolute atomic E-state index is 11.8. The van der Waals surface area contributed by atoms with E-state index in [0.717, 1.165) is 0 Å². The lowest BCUT2D eigenvalue weighted by Crippen LogP contribution is -2.51. The lowest BCUT2D eigenvalue weighted by Gasteiger charge is -2.34. The molecule has 5 N–H and O–H groups in total. The van der Waals surface area contributed by atoms with E-state index in [1.807, 2.05) is 9.80 Å². The molecule has 1 unspecified atom stereocenters. The first-order chi connectivity index (χ1) is 11.7. The molecular formula is C15H34N3O6P. The van der Waals surface area contributed by atoms with Crippen LogP contribution in [0.1, 0.15) is 6.92 Å². The average molecular weight is 383 g/mol. The van der Waals surface area contributed by atoms with Gasteiger partial charge in [-0.2, -0.15) is 0 Å². The number of hydrogen-bond donors (Lipinski definition) is 5. The number of rotatable bonds is 8. The molecule has 1 fully saturated rings. The van der Waals surface area contributed by atoms with E-state index in [-0.39, 0.29) is 12.9 Å². The van der Waals surface area contributed by atoms with Crippen molar-refractivity contribution in [3.63, 3.8) is 0 Å². The quantitative estimate of drug-likeness (QED) is 0.298. The predicted octanol–water partition coefficient (Wildman–Crippen LogP) is -2.14. The fraction of sp³-hybridized carbons (Fsp3) is 1.00. The highest BCUT2D eigenvalue weighted by molar-refractivity contribution is 7.57. The van der Waals surface area contributed by atoms with Crippen LogP contribution in [0, 0.1) is 0 Å². The Morgan fingerprint density at radius 2 is 1.48 bits per heavy atom. The summed E-state index contributed by atoms with van der Waals surface area (Å²) in [5, 5.41) is 38.5. The van der Waals surface area contributed by atoms with E-state index in [0.29, 0.717) is 45.8 Å². The van der Waals surface area contributed by atoms with E-state index < -0.39 is 32.2 Å². The second kappa shape index (κ2) is 10.9. The van der Waals surface area contributed by atoms with Crippen molar-refractivity contribution in [2.45, 2.75) is 25.2 Å². The third-order valence-electron chi connectivity index (χ3n) is 4.41. The Morgan fingerprint density at radius 1 is 0.960 bits per heavy atom. The van der Waals surface area contributed by atoms with Crippen molar-refractivity contribution >= 4 is 7.37 Å². The van der Waals surface area contributed by atoms with Gasteiger partial charge >= 0.3 is 0 Å². The number of aliphatic hydroxyl groups is 4. The molecule has 150 valence electrons. The Labute approximate surface area is 149 Å². The van der Waals surface area contributed by atoms with E-state index in [4.69, 9.17) is 0 Å². The number of aliphatic hydroxyl groups excluding tert-OH is 4. The predicted molar refractivity (Wildman–Crippen MR) is 95.8 cm³/mol. The molecule has 9 nitrogen and oxygen atoms in total. The molecule has 1 heterocycles. The standard InChI is InChI=1S/C15H34N3O6P/c1-13(21)9-16-3-4-17(12-25(2,23)24)6-8-18(7-5-16)14(10-19)15(22)11-20/h13-15,19-22H,3-12H2,1-2H3,(H,23,24)/t13-,14+,15+/m0/s1. The summed E-state index contributed by atoms with van der Waals surface area (Å²) in [6.07, 6.45) is -1.47. The molecule has 10 heteroatoms. The fourth-order valence-electron chi connectivity index (χ4n) is 3.16. The van der Waals surface area contributed by atoms with Gasteiger partial charge in [0.2, 0.25) is 7.37 Å². The zero-order chi connectivity index (χ0) is 19.0. The van der Waals surface area contributed by atoms with Gasteiger partial charge in [-0.1, -0.05) is 0 Å². The van der Waals surface area contributed by atoms with Crippen LogP contribution in [0.15, 0.2) is 0 Å². The third-order valence-corrected chi connectivity index (χ3v) is 5.34. The van der Waals surface area contributed by atoms with Gasteiger partial charge in [-0.25, -0.2) is 0 Å². The molecule has 1 aliphatic rings. The number of β-amino-alcohol motifs (C(OH)–C–C–N with tert-alkyl or cyclic N) is 1. The summed E-state index contributed by atoms with van der Waals surface area (Å²) in [5.74, 6) is 0. The van der Waals surface area contributed by atoms with Crippen LogP contribution in [0.2, 0.25) is 0 Å². The maximum atomic E-state index is 11.8. The van der Waals surface area contributed by atoms with Crippen molar-refractivity contribution in [3.8, 4) is 0 Å². The van der Waals surface area contributed by atoms with Crippen molar-refractivity contribution < 1.29 is 29.9 Å². The molecule has 0 saturated carbocycles. The summed E-state index contributed by atoms with van der Waals surface area (Å²) in [4.78, 5) is 15.5. The fourth-order valence-corrected chi connectivity index (χ4v) is 4.19. The highest BCUT2D eigenvalue weighted by Crippen LogP contribution is 2.35. The summed E-state index contributed by atoms with van der Waals surface area (Å²) in [7, 11) is -3.20. The first-order valence-electron chi connectivity index (χ1n) is 8.72. The van der Waals surface area contributed by atoms with Crippen LogP contribution in [0.4, 0.5) is 0 Å². The molecule has 1 saturated heterocycles. The lowest BCUT2D eigenvalue weighted by atomic mass is 10.1. The van der Waals surface area contributed by atoms with Crippen LogP contribution in [-0.4, -0.2) is 130 Å². The Kier molecular flexibility index (Phi) is 10.0. The van der Waals surface area contributed by atoms with Crippen molar-refractivity contribution in [3.05, 3.63) is 0 Å². The van der Waals surface area contributed by atoms with E-state index in [9.17, 15) is 29.9 Å². The van der Waals surface area contributed by atoms with Crippen molar-refractivity contribution in [1.29, 1.82) is 0 Å². The van der Waals surface area contributed by atoms with Gasteiger partial charge in [0.1, 0.15) is 0 Å². The zero-order valence-corrected chi connectivity index (χ0v) is 16.1. The molecule has 0 aromatic carbocycles. The van der Waals surface area contributed by atoms with Crippen molar-refractivity contribution in [1.82, 2.24) is 14.7 Å². The molecule has 0 aromatic rings. The smallest absolute Gasteiger partial charge is 0.211 e. The Hall–Kier alpha value is -0.0900. The number of hydrogen-bond acceptors (Lipinski definition) is 8. The molecule has 0 amide bonds. The van der Waals surface area contributed by atoms with Gasteiger partial charge in [0.25, 0.3) is 0 Å². The van der Waals surface area contributed by atoms with Crippen LogP contribution in [0.5, 0.6) is 0 Å². The van der Waals surface area contributed by atoms with E-state index in [1.54, 1.807) is 6.92 Å². The molecule has 4 atom stereocenters. The average Bonchev–Trinajstić information content (AvgIpc) is 2.59. The molecule has 0 spiro atoms. The second-order valence-corrected chi connectivity index (χ2v) is 9.38. The normalized spacial score (nSPS) is 25.4. The van der Waals surface area contributed by atoms with Gasteiger partial charge < -0.3 is 25.3 Å². The zero-order valence-electron chi connectivity index (χ0n) is 15.2. The van der Waals surface area contributed by atoms with E-state index in [1.165, 1.54) is 6.66 Å². The first kappa shape index (κ1) is 23.0. The van der Waals surface area contributed by atoms with Gasteiger partial charge in [0.15, 0.2) is 0 Å². The largest absolute Gasteiger partial charge is 0.395 e. The van der Waals surface area contributed by atoms with Crippen LogP contribution in [0.3, 0.4) is 0 Å². The van der Waals surface area contributed by atoms with Crippen molar-refractivity contribution in [2.75, 3.05) is 72.0 Å². The Balaban J connectivity index is 2.88. The van der Waals surface area contributed by atoms with Gasteiger partial charge in [-0.15, -0.1) is 0 Å². The Bertz CT molecular complexity index is 422. The van der Waals surface area contributed by atoms with Crippen molar-refractivity contribution in [2.24, 2.45) is 0 Å². The molecule has 0 aliphatic carbocycles. The van der Waals surface area contributed by atoms with Crippen LogP contribution in [-0.2, 0) is 4.57 Å². The third kappa shape index (κ3) is 8.90. The van der Waals surface area contributed by atoms with Crippen LogP contribution < -0.4 is 0 Å². The molecule has 25 heavy (non-hydrogen) atoms. The highest BCUT2D eigenvalue weighted by Gasteiger charge is 2.28.